The molecule has 0 spiro atoms. The van der Waals surface area contributed by atoms with Gasteiger partial charge in [0.25, 0.3) is 5.91 Å². The van der Waals surface area contributed by atoms with Gasteiger partial charge in [-0.3, -0.25) is 9.10 Å². The van der Waals surface area contributed by atoms with Crippen molar-refractivity contribution in [3.8, 4) is 0 Å². The zero-order valence-corrected chi connectivity index (χ0v) is 15.7. The lowest BCUT2D eigenvalue weighted by atomic mass is 10.2. The van der Waals surface area contributed by atoms with Crippen LogP contribution in [-0.2, 0) is 10.0 Å². The number of carbonyl (C=O) groups is 1. The molecular weight excluding hydrogens is 383 g/mol. The molecular formula is C17H16Cl2N2O3S. The zero-order valence-electron chi connectivity index (χ0n) is 13.4. The first-order valence-electron chi connectivity index (χ1n) is 7.62. The monoisotopic (exact) mass is 398 g/mol. The van der Waals surface area contributed by atoms with Gasteiger partial charge in [0, 0.05) is 11.6 Å². The Labute approximate surface area is 156 Å². The van der Waals surface area contributed by atoms with Gasteiger partial charge in [0.1, 0.15) is 0 Å². The Morgan fingerprint density at radius 3 is 2.40 bits per heavy atom. The van der Waals surface area contributed by atoms with Crippen LogP contribution >= 0.6 is 23.2 Å². The van der Waals surface area contributed by atoms with Crippen molar-refractivity contribution in [1.29, 1.82) is 0 Å². The highest BCUT2D eigenvalue weighted by molar-refractivity contribution is 7.92. The maximum absolute atomic E-state index is 12.5. The number of nitrogens with one attached hydrogen (secondary N) is 1. The third-order valence-electron chi connectivity index (χ3n) is 3.81. The molecule has 5 nitrogen and oxygen atoms in total. The molecule has 0 aliphatic heterocycles. The number of nitrogens with zero attached hydrogens (tertiary/aromatic N) is 1. The van der Waals surface area contributed by atoms with Gasteiger partial charge in [0.05, 0.1) is 27.7 Å². The lowest BCUT2D eigenvalue weighted by Crippen LogP contribution is -2.32. The molecule has 0 heterocycles. The van der Waals surface area contributed by atoms with Crippen LogP contribution in [0.15, 0.2) is 42.5 Å². The van der Waals surface area contributed by atoms with Crippen LogP contribution in [-0.4, -0.2) is 26.6 Å². The van der Waals surface area contributed by atoms with Gasteiger partial charge in [-0.25, -0.2) is 8.42 Å². The van der Waals surface area contributed by atoms with Crippen LogP contribution < -0.4 is 9.62 Å². The number of hydrogen-bond donors (Lipinski definition) is 1. The third-order valence-corrected chi connectivity index (χ3v) is 5.76. The Balaban J connectivity index is 1.93. The maximum atomic E-state index is 12.5. The minimum Gasteiger partial charge on any atom is -0.320 e. The molecule has 1 fully saturated rings. The number of halogens is 2. The van der Waals surface area contributed by atoms with Crippen LogP contribution in [0.25, 0.3) is 0 Å². The minimum absolute atomic E-state index is 0.0574. The van der Waals surface area contributed by atoms with Crippen molar-refractivity contribution in [3.63, 3.8) is 0 Å². The smallest absolute Gasteiger partial charge is 0.255 e. The first-order chi connectivity index (χ1) is 11.8. The average Bonchev–Trinajstić information content (AvgIpc) is 3.35. The number of carbonyl (C=O) groups excluding carboxylic acids is 1. The predicted octanol–water partition coefficient (Wildman–Crippen LogP) is 4.17. The maximum Gasteiger partial charge on any atom is 0.255 e. The molecule has 8 heteroatoms. The molecule has 1 amide bonds. The number of rotatable bonds is 5. The topological polar surface area (TPSA) is 66.5 Å². The normalized spacial score (nSPS) is 14.2. The molecule has 2 aromatic carbocycles. The number of benzene rings is 2. The molecule has 0 unspecified atom stereocenters. The number of sulfonamides is 1. The van der Waals surface area contributed by atoms with Crippen LogP contribution in [0, 0.1) is 0 Å². The van der Waals surface area contributed by atoms with Gasteiger partial charge in [-0.2, -0.15) is 0 Å². The van der Waals surface area contributed by atoms with Crippen molar-refractivity contribution in [1.82, 2.24) is 0 Å². The highest BCUT2D eigenvalue weighted by Gasteiger charge is 2.36. The summed E-state index contributed by atoms with van der Waals surface area (Å²) in [6.45, 7) is 0. The van der Waals surface area contributed by atoms with Crippen LogP contribution in [0.2, 0.25) is 10.0 Å². The van der Waals surface area contributed by atoms with E-state index < -0.39 is 15.9 Å². The van der Waals surface area contributed by atoms with Crippen LogP contribution in [0.5, 0.6) is 0 Å². The highest BCUT2D eigenvalue weighted by Crippen LogP contribution is 2.38. The van der Waals surface area contributed by atoms with Gasteiger partial charge in [-0.1, -0.05) is 35.3 Å². The molecule has 0 bridgehead atoms. The predicted molar refractivity (Wildman–Crippen MR) is 101 cm³/mol. The van der Waals surface area contributed by atoms with Crippen molar-refractivity contribution in [2.24, 2.45) is 0 Å². The zero-order chi connectivity index (χ0) is 18.2. The molecule has 3 rings (SSSR count). The molecule has 1 N–H and O–H groups in total. The third kappa shape index (κ3) is 4.08. The van der Waals surface area contributed by atoms with Crippen LogP contribution in [0.4, 0.5) is 11.4 Å². The molecule has 1 aliphatic carbocycles. The van der Waals surface area contributed by atoms with E-state index in [1.807, 2.05) is 0 Å². The van der Waals surface area contributed by atoms with Crippen LogP contribution in [0.3, 0.4) is 0 Å². The number of para-hydroxylation sites is 2. The Hall–Kier alpha value is -1.76. The van der Waals surface area contributed by atoms with Crippen molar-refractivity contribution in [2.45, 2.75) is 18.9 Å². The summed E-state index contributed by atoms with van der Waals surface area (Å²) in [5.41, 5.74) is 1.22. The molecule has 1 saturated carbocycles. The first kappa shape index (κ1) is 18.0. The molecule has 0 saturated heterocycles. The summed E-state index contributed by atoms with van der Waals surface area (Å²) in [5.74, 6) is -0.393. The largest absolute Gasteiger partial charge is 0.320 e. The number of anilines is 2. The number of amides is 1. The highest BCUT2D eigenvalue weighted by atomic mass is 35.5. The fourth-order valence-corrected chi connectivity index (χ4v) is 4.13. The lowest BCUT2D eigenvalue weighted by molar-refractivity contribution is 0.102. The van der Waals surface area contributed by atoms with Gasteiger partial charge in [0.15, 0.2) is 0 Å². The second-order valence-corrected chi connectivity index (χ2v) is 8.56. The van der Waals surface area contributed by atoms with E-state index in [9.17, 15) is 13.2 Å². The van der Waals surface area contributed by atoms with Gasteiger partial charge in [-0.15, -0.1) is 0 Å². The van der Waals surface area contributed by atoms with Crippen molar-refractivity contribution in [2.75, 3.05) is 15.9 Å². The molecule has 2 aromatic rings. The SMILES string of the molecule is CS(=O)(=O)N(c1ccccc1NC(=O)c1ccc(Cl)c(Cl)c1)C1CC1. The summed E-state index contributed by atoms with van der Waals surface area (Å²) >= 11 is 11.8. The Morgan fingerprint density at radius 2 is 1.80 bits per heavy atom. The molecule has 0 radical (unpaired) electrons. The summed E-state index contributed by atoms with van der Waals surface area (Å²) in [7, 11) is -3.45. The van der Waals surface area contributed by atoms with E-state index in [4.69, 9.17) is 23.2 Å². The van der Waals surface area contributed by atoms with E-state index in [1.54, 1.807) is 30.3 Å². The van der Waals surface area contributed by atoms with Gasteiger partial charge in [0.2, 0.25) is 10.0 Å². The summed E-state index contributed by atoms with van der Waals surface area (Å²) in [6.07, 6.45) is 2.78. The summed E-state index contributed by atoms with van der Waals surface area (Å²) in [5, 5.41) is 3.40. The molecule has 0 aromatic heterocycles. The number of hydrogen-bond acceptors (Lipinski definition) is 3. The van der Waals surface area contributed by atoms with E-state index in [1.165, 1.54) is 22.7 Å². The molecule has 1 aliphatic rings. The average molecular weight is 399 g/mol. The Bertz CT molecular complexity index is 927. The minimum atomic E-state index is -3.45. The van der Waals surface area contributed by atoms with Crippen molar-refractivity contribution < 1.29 is 13.2 Å². The van der Waals surface area contributed by atoms with E-state index in [0.717, 1.165) is 12.8 Å². The van der Waals surface area contributed by atoms with Crippen molar-refractivity contribution in [3.05, 3.63) is 58.1 Å². The summed E-state index contributed by atoms with van der Waals surface area (Å²) in [4.78, 5) is 12.5. The van der Waals surface area contributed by atoms with E-state index in [2.05, 4.69) is 5.32 Å². The van der Waals surface area contributed by atoms with Crippen LogP contribution in [0.1, 0.15) is 23.2 Å². The summed E-state index contributed by atoms with van der Waals surface area (Å²) < 4.78 is 25.7. The standard InChI is InChI=1S/C17H16Cl2N2O3S/c1-25(23,24)21(12-7-8-12)16-5-3-2-4-15(16)20-17(22)11-6-9-13(18)14(19)10-11/h2-6,9-10,12H,7-8H2,1H3,(H,20,22). The van der Waals surface area contributed by atoms with E-state index in [-0.39, 0.29) is 11.1 Å². The van der Waals surface area contributed by atoms with Gasteiger partial charge in [-0.05, 0) is 43.2 Å². The van der Waals surface area contributed by atoms with Gasteiger partial charge < -0.3 is 5.32 Å². The lowest BCUT2D eigenvalue weighted by Gasteiger charge is -2.24. The molecule has 132 valence electrons. The second-order valence-electron chi connectivity index (χ2n) is 5.89. The Kier molecular flexibility index (Phi) is 4.95. The molecule has 0 atom stereocenters. The quantitative estimate of drug-likeness (QED) is 0.821. The summed E-state index contributed by atoms with van der Waals surface area (Å²) in [6, 6.07) is 11.3. The molecule has 25 heavy (non-hydrogen) atoms. The Morgan fingerprint density at radius 1 is 1.12 bits per heavy atom. The van der Waals surface area contributed by atoms with Gasteiger partial charge >= 0.3 is 0 Å². The second kappa shape index (κ2) is 6.86. The first-order valence-corrected chi connectivity index (χ1v) is 10.2. The van der Waals surface area contributed by atoms with Crippen molar-refractivity contribution >= 4 is 50.5 Å². The fourth-order valence-electron chi connectivity index (χ4n) is 2.56. The fraction of sp³-hybridized carbons (Fsp3) is 0.235. The van der Waals surface area contributed by atoms with E-state index >= 15 is 0 Å². The van der Waals surface area contributed by atoms with E-state index in [0.29, 0.717) is 22.0 Å².